The Bertz CT molecular complexity index is 844. The van der Waals surface area contributed by atoms with Crippen molar-refractivity contribution >= 4 is 46.0 Å². The molecule has 0 unspecified atom stereocenters. The second-order valence-corrected chi connectivity index (χ2v) is 5.64. The van der Waals surface area contributed by atoms with Crippen molar-refractivity contribution in [1.29, 1.82) is 0 Å². The number of thioether (sulfide) groups is 1. The first-order chi connectivity index (χ1) is 11.1. The Morgan fingerprint density at radius 1 is 1.00 bits per heavy atom. The lowest BCUT2D eigenvalue weighted by atomic mass is 10.1. The minimum Gasteiger partial charge on any atom is -0.368 e. The Labute approximate surface area is 136 Å². The Kier molecular flexibility index (Phi) is 4.24. The van der Waals surface area contributed by atoms with E-state index in [1.807, 2.05) is 42.5 Å². The number of benzene rings is 2. The second-order valence-electron chi connectivity index (χ2n) is 4.70. The molecule has 0 aliphatic rings. The molecule has 3 rings (SSSR count). The van der Waals surface area contributed by atoms with E-state index < -0.39 is 0 Å². The van der Waals surface area contributed by atoms with E-state index in [1.54, 1.807) is 0 Å². The molecule has 0 atom stereocenters. The van der Waals surface area contributed by atoms with Crippen molar-refractivity contribution in [3.8, 4) is 0 Å². The maximum Gasteiger partial charge on any atom is 0.234 e. The quantitative estimate of drug-likeness (QED) is 0.626. The lowest BCUT2D eigenvalue weighted by molar-refractivity contribution is -0.113. The molecule has 7 nitrogen and oxygen atoms in total. The number of fused-ring (bicyclic) bond motifs is 1. The van der Waals surface area contributed by atoms with Gasteiger partial charge >= 0.3 is 0 Å². The van der Waals surface area contributed by atoms with E-state index >= 15 is 0 Å². The van der Waals surface area contributed by atoms with Crippen LogP contribution in [0.25, 0.3) is 10.8 Å². The molecule has 1 heterocycles. The Balaban J connectivity index is 1.69. The summed E-state index contributed by atoms with van der Waals surface area (Å²) in [4.78, 5) is 23.7. The molecule has 23 heavy (non-hydrogen) atoms. The van der Waals surface area contributed by atoms with Crippen LogP contribution < -0.4 is 16.8 Å². The van der Waals surface area contributed by atoms with Gasteiger partial charge in [-0.2, -0.15) is 15.0 Å². The highest BCUT2D eigenvalue weighted by atomic mass is 32.2. The van der Waals surface area contributed by atoms with Gasteiger partial charge in [0.2, 0.25) is 17.8 Å². The van der Waals surface area contributed by atoms with Crippen LogP contribution in [0.2, 0.25) is 0 Å². The maximum atomic E-state index is 12.1. The third kappa shape index (κ3) is 3.67. The normalized spacial score (nSPS) is 10.6. The highest BCUT2D eigenvalue weighted by molar-refractivity contribution is 7.99. The highest BCUT2D eigenvalue weighted by Gasteiger charge is 2.09. The number of aromatic nitrogens is 3. The maximum absolute atomic E-state index is 12.1. The molecule has 1 aromatic heterocycles. The summed E-state index contributed by atoms with van der Waals surface area (Å²) in [7, 11) is 0. The molecule has 1 amide bonds. The zero-order valence-corrected chi connectivity index (χ0v) is 12.9. The van der Waals surface area contributed by atoms with E-state index in [-0.39, 0.29) is 23.6 Å². The molecular formula is C15H14N6OS. The van der Waals surface area contributed by atoms with Gasteiger partial charge in [0, 0.05) is 11.1 Å². The number of hydrogen-bond acceptors (Lipinski definition) is 7. The molecule has 0 saturated heterocycles. The largest absolute Gasteiger partial charge is 0.368 e. The van der Waals surface area contributed by atoms with E-state index in [4.69, 9.17) is 11.5 Å². The van der Waals surface area contributed by atoms with Crippen LogP contribution in [0, 0.1) is 0 Å². The van der Waals surface area contributed by atoms with Crippen LogP contribution in [-0.4, -0.2) is 26.6 Å². The van der Waals surface area contributed by atoms with Gasteiger partial charge in [0.15, 0.2) is 5.16 Å². The SMILES string of the molecule is Nc1nc(N)nc(SCC(=O)Nc2cccc3ccccc23)n1. The zero-order valence-electron chi connectivity index (χ0n) is 12.1. The van der Waals surface area contributed by atoms with Crippen molar-refractivity contribution in [1.82, 2.24) is 15.0 Å². The van der Waals surface area contributed by atoms with Gasteiger partial charge in [0.05, 0.1) is 5.75 Å². The first-order valence-corrected chi connectivity index (χ1v) is 7.78. The predicted octanol–water partition coefficient (Wildman–Crippen LogP) is 1.92. The topological polar surface area (TPSA) is 120 Å². The number of anilines is 3. The summed E-state index contributed by atoms with van der Waals surface area (Å²) < 4.78 is 0. The first-order valence-electron chi connectivity index (χ1n) is 6.79. The van der Waals surface area contributed by atoms with E-state index in [0.717, 1.165) is 28.2 Å². The summed E-state index contributed by atoms with van der Waals surface area (Å²) in [5.74, 6) is 0.0550. The number of nitrogens with zero attached hydrogens (tertiary/aromatic N) is 3. The average molecular weight is 326 g/mol. The molecule has 0 saturated carbocycles. The van der Waals surface area contributed by atoms with Crippen molar-refractivity contribution in [2.75, 3.05) is 22.5 Å². The summed E-state index contributed by atoms with van der Waals surface area (Å²) >= 11 is 1.15. The van der Waals surface area contributed by atoms with Gasteiger partial charge in [0.1, 0.15) is 0 Å². The molecule has 3 aromatic rings. The number of rotatable bonds is 4. The van der Waals surface area contributed by atoms with Gasteiger partial charge in [-0.15, -0.1) is 0 Å². The third-order valence-electron chi connectivity index (χ3n) is 3.05. The Morgan fingerprint density at radius 3 is 2.48 bits per heavy atom. The fourth-order valence-electron chi connectivity index (χ4n) is 2.10. The molecule has 116 valence electrons. The summed E-state index contributed by atoms with van der Waals surface area (Å²) in [6.45, 7) is 0. The van der Waals surface area contributed by atoms with E-state index in [1.165, 1.54) is 0 Å². The van der Waals surface area contributed by atoms with Crippen molar-refractivity contribution in [3.63, 3.8) is 0 Å². The van der Waals surface area contributed by atoms with E-state index in [9.17, 15) is 4.79 Å². The molecule has 2 aromatic carbocycles. The Hall–Kier alpha value is -2.87. The first kappa shape index (κ1) is 15.0. The van der Waals surface area contributed by atoms with Crippen LogP contribution in [0.1, 0.15) is 0 Å². The van der Waals surface area contributed by atoms with Gasteiger partial charge in [-0.1, -0.05) is 48.2 Å². The lowest BCUT2D eigenvalue weighted by Crippen LogP contribution is -2.15. The number of carbonyl (C=O) groups is 1. The fourth-order valence-corrected chi connectivity index (χ4v) is 2.75. The molecule has 0 spiro atoms. The summed E-state index contributed by atoms with van der Waals surface area (Å²) in [6.07, 6.45) is 0. The van der Waals surface area contributed by atoms with Crippen molar-refractivity contribution in [2.24, 2.45) is 0 Å². The van der Waals surface area contributed by atoms with Crippen LogP contribution >= 0.6 is 11.8 Å². The number of nitrogens with one attached hydrogen (secondary N) is 1. The second kappa shape index (κ2) is 6.49. The molecule has 0 fully saturated rings. The van der Waals surface area contributed by atoms with Gasteiger partial charge in [-0.05, 0) is 11.5 Å². The third-order valence-corrected chi connectivity index (χ3v) is 3.89. The van der Waals surface area contributed by atoms with Crippen molar-refractivity contribution < 1.29 is 4.79 Å². The zero-order chi connectivity index (χ0) is 16.2. The minimum absolute atomic E-state index is 0.0365. The molecule has 0 bridgehead atoms. The molecular weight excluding hydrogens is 312 g/mol. The van der Waals surface area contributed by atoms with E-state index in [2.05, 4.69) is 20.3 Å². The predicted molar refractivity (Wildman–Crippen MR) is 92.0 cm³/mol. The van der Waals surface area contributed by atoms with Crippen molar-refractivity contribution in [2.45, 2.75) is 5.16 Å². The fraction of sp³-hybridized carbons (Fsp3) is 0.0667. The smallest absolute Gasteiger partial charge is 0.234 e. The number of hydrogen-bond donors (Lipinski definition) is 3. The lowest BCUT2D eigenvalue weighted by Gasteiger charge is -2.08. The van der Waals surface area contributed by atoms with Crippen LogP contribution in [0.4, 0.5) is 17.6 Å². The van der Waals surface area contributed by atoms with E-state index in [0.29, 0.717) is 5.16 Å². The van der Waals surface area contributed by atoms with Gasteiger partial charge in [-0.3, -0.25) is 4.79 Å². The van der Waals surface area contributed by atoms with Crippen LogP contribution in [0.5, 0.6) is 0 Å². The minimum atomic E-state index is -0.163. The van der Waals surface area contributed by atoms with Crippen molar-refractivity contribution in [3.05, 3.63) is 42.5 Å². The van der Waals surface area contributed by atoms with Gasteiger partial charge < -0.3 is 16.8 Å². The monoisotopic (exact) mass is 326 g/mol. The van der Waals surface area contributed by atoms with Crippen LogP contribution in [0.3, 0.4) is 0 Å². The Morgan fingerprint density at radius 2 is 1.70 bits per heavy atom. The molecule has 0 aliphatic heterocycles. The highest BCUT2D eigenvalue weighted by Crippen LogP contribution is 2.23. The number of nitrogen functional groups attached to an aromatic ring is 2. The van der Waals surface area contributed by atoms with Gasteiger partial charge in [0.25, 0.3) is 0 Å². The summed E-state index contributed by atoms with van der Waals surface area (Å²) in [6, 6.07) is 13.6. The number of carbonyl (C=O) groups excluding carboxylic acids is 1. The van der Waals surface area contributed by atoms with Crippen LogP contribution in [-0.2, 0) is 4.79 Å². The summed E-state index contributed by atoms with van der Waals surface area (Å²) in [5.41, 5.74) is 11.8. The average Bonchev–Trinajstić information content (AvgIpc) is 2.52. The van der Waals surface area contributed by atoms with Gasteiger partial charge in [-0.25, -0.2) is 0 Å². The molecule has 8 heteroatoms. The molecule has 5 N–H and O–H groups in total. The summed E-state index contributed by atoms with van der Waals surface area (Å²) in [5, 5.41) is 5.27. The number of amides is 1. The molecule has 0 radical (unpaired) electrons. The number of nitrogens with two attached hydrogens (primary N) is 2. The van der Waals surface area contributed by atoms with Crippen LogP contribution in [0.15, 0.2) is 47.6 Å². The molecule has 0 aliphatic carbocycles. The standard InChI is InChI=1S/C15H14N6OS/c16-13-19-14(17)21-15(20-13)23-8-12(22)18-11-7-3-5-9-4-1-2-6-10(9)11/h1-7H,8H2,(H,18,22)(H4,16,17,19,20,21).